The van der Waals surface area contributed by atoms with Gasteiger partial charge < -0.3 is 4.74 Å². The van der Waals surface area contributed by atoms with Gasteiger partial charge in [-0.15, -0.1) is 6.58 Å². The standard InChI is InChI=1S/C9H18N2O/c1-2-3-4-5-10-11-6-8-12-9-7-11/h2,10H,1,3-9H2. The van der Waals surface area contributed by atoms with Gasteiger partial charge in [0.2, 0.25) is 0 Å². The van der Waals surface area contributed by atoms with Crippen LogP contribution in [0.1, 0.15) is 12.8 Å². The summed E-state index contributed by atoms with van der Waals surface area (Å²) in [5.74, 6) is 0. The van der Waals surface area contributed by atoms with Gasteiger partial charge in [-0.05, 0) is 12.8 Å². The topological polar surface area (TPSA) is 24.5 Å². The van der Waals surface area contributed by atoms with Crippen LogP contribution in [0.5, 0.6) is 0 Å². The highest BCUT2D eigenvalue weighted by Crippen LogP contribution is 1.93. The molecule has 0 atom stereocenters. The van der Waals surface area contributed by atoms with E-state index in [-0.39, 0.29) is 0 Å². The maximum atomic E-state index is 5.23. The van der Waals surface area contributed by atoms with Gasteiger partial charge in [0.15, 0.2) is 0 Å². The van der Waals surface area contributed by atoms with Crippen molar-refractivity contribution in [1.29, 1.82) is 0 Å². The van der Waals surface area contributed by atoms with Crippen molar-refractivity contribution in [3.8, 4) is 0 Å². The Hall–Kier alpha value is -0.380. The second kappa shape index (κ2) is 6.17. The van der Waals surface area contributed by atoms with Crippen LogP contribution in [0.25, 0.3) is 0 Å². The zero-order valence-electron chi connectivity index (χ0n) is 7.59. The molecule has 3 heteroatoms. The van der Waals surface area contributed by atoms with Gasteiger partial charge >= 0.3 is 0 Å². The minimum atomic E-state index is 0.856. The first-order chi connectivity index (χ1) is 5.93. The molecule has 1 fully saturated rings. The molecule has 1 rings (SSSR count). The van der Waals surface area contributed by atoms with Crippen molar-refractivity contribution in [1.82, 2.24) is 10.4 Å². The molecule has 0 aromatic carbocycles. The summed E-state index contributed by atoms with van der Waals surface area (Å²) in [6.45, 7) is 8.46. The van der Waals surface area contributed by atoms with Crippen LogP contribution < -0.4 is 5.43 Å². The molecule has 0 aromatic heterocycles. The molecular weight excluding hydrogens is 152 g/mol. The number of rotatable bonds is 5. The highest BCUT2D eigenvalue weighted by molar-refractivity contribution is 4.66. The quantitative estimate of drug-likeness (QED) is 0.487. The van der Waals surface area contributed by atoms with Crippen LogP contribution in [-0.4, -0.2) is 37.9 Å². The lowest BCUT2D eigenvalue weighted by Gasteiger charge is -2.27. The number of morpholine rings is 1. The summed E-state index contributed by atoms with van der Waals surface area (Å²) in [5.41, 5.74) is 3.36. The third-order valence-corrected chi connectivity index (χ3v) is 1.93. The van der Waals surface area contributed by atoms with Crippen molar-refractivity contribution in [3.63, 3.8) is 0 Å². The van der Waals surface area contributed by atoms with Crippen LogP contribution in [-0.2, 0) is 4.74 Å². The summed E-state index contributed by atoms with van der Waals surface area (Å²) in [7, 11) is 0. The van der Waals surface area contributed by atoms with E-state index in [1.807, 2.05) is 6.08 Å². The number of hydrogen-bond donors (Lipinski definition) is 1. The summed E-state index contributed by atoms with van der Waals surface area (Å²) < 4.78 is 5.23. The smallest absolute Gasteiger partial charge is 0.0608 e. The van der Waals surface area contributed by atoms with Crippen LogP contribution in [0, 0.1) is 0 Å². The lowest BCUT2D eigenvalue weighted by Crippen LogP contribution is -2.45. The zero-order chi connectivity index (χ0) is 8.65. The minimum Gasteiger partial charge on any atom is -0.379 e. The molecule has 0 unspecified atom stereocenters. The first kappa shape index (κ1) is 9.71. The van der Waals surface area contributed by atoms with Gasteiger partial charge in [-0.2, -0.15) is 0 Å². The van der Waals surface area contributed by atoms with Crippen molar-refractivity contribution in [3.05, 3.63) is 12.7 Å². The van der Waals surface area contributed by atoms with E-state index < -0.39 is 0 Å². The van der Waals surface area contributed by atoms with Gasteiger partial charge in [0.1, 0.15) is 0 Å². The van der Waals surface area contributed by atoms with Crippen molar-refractivity contribution in [2.45, 2.75) is 12.8 Å². The summed E-state index contributed by atoms with van der Waals surface area (Å²) >= 11 is 0. The second-order valence-corrected chi connectivity index (χ2v) is 2.94. The Kier molecular flexibility index (Phi) is 4.99. The largest absolute Gasteiger partial charge is 0.379 e. The Labute approximate surface area is 74.4 Å². The van der Waals surface area contributed by atoms with Crippen LogP contribution in [0.15, 0.2) is 12.7 Å². The van der Waals surface area contributed by atoms with Gasteiger partial charge in [-0.25, -0.2) is 5.01 Å². The highest BCUT2D eigenvalue weighted by atomic mass is 16.5. The minimum absolute atomic E-state index is 0.856. The van der Waals surface area contributed by atoms with Crippen LogP contribution in [0.4, 0.5) is 0 Å². The van der Waals surface area contributed by atoms with E-state index in [1.54, 1.807) is 0 Å². The number of nitrogens with zero attached hydrogens (tertiary/aromatic N) is 1. The molecule has 0 spiro atoms. The predicted octanol–water partition coefficient (Wildman–Crippen LogP) is 0.789. The molecule has 0 radical (unpaired) electrons. The highest BCUT2D eigenvalue weighted by Gasteiger charge is 2.07. The fourth-order valence-electron chi connectivity index (χ4n) is 1.21. The van der Waals surface area contributed by atoms with Crippen LogP contribution in [0.3, 0.4) is 0 Å². The molecule has 0 amide bonds. The van der Waals surface area contributed by atoms with Gasteiger partial charge in [0.25, 0.3) is 0 Å². The van der Waals surface area contributed by atoms with Crippen LogP contribution >= 0.6 is 0 Å². The van der Waals surface area contributed by atoms with E-state index in [0.717, 1.165) is 39.3 Å². The third-order valence-electron chi connectivity index (χ3n) is 1.93. The number of unbranched alkanes of at least 4 members (excludes halogenated alkanes) is 1. The van der Waals surface area contributed by atoms with Crippen molar-refractivity contribution < 1.29 is 4.74 Å². The molecule has 3 nitrogen and oxygen atoms in total. The summed E-state index contributed by atoms with van der Waals surface area (Å²) in [6, 6.07) is 0. The SMILES string of the molecule is C=CCCCNN1CCOCC1. The Balaban J connectivity index is 1.94. The van der Waals surface area contributed by atoms with Gasteiger partial charge in [-0.1, -0.05) is 6.08 Å². The Morgan fingerprint density at radius 2 is 2.17 bits per heavy atom. The third kappa shape index (κ3) is 3.85. The molecule has 1 saturated heterocycles. The lowest BCUT2D eigenvalue weighted by molar-refractivity contribution is 0.0120. The first-order valence-corrected chi connectivity index (χ1v) is 4.60. The fraction of sp³-hybridized carbons (Fsp3) is 0.778. The molecule has 1 aliphatic heterocycles. The average Bonchev–Trinajstić information content (AvgIpc) is 2.14. The summed E-state index contributed by atoms with van der Waals surface area (Å²) in [5, 5.41) is 2.23. The molecule has 0 aromatic rings. The average molecular weight is 170 g/mol. The van der Waals surface area contributed by atoms with E-state index in [9.17, 15) is 0 Å². The van der Waals surface area contributed by atoms with E-state index >= 15 is 0 Å². The number of hydrazine groups is 1. The lowest BCUT2D eigenvalue weighted by atomic mass is 10.3. The molecule has 1 aliphatic rings. The Morgan fingerprint density at radius 3 is 2.83 bits per heavy atom. The summed E-state index contributed by atoms with van der Waals surface area (Å²) in [4.78, 5) is 0. The molecule has 0 aliphatic carbocycles. The molecule has 12 heavy (non-hydrogen) atoms. The predicted molar refractivity (Wildman–Crippen MR) is 49.8 cm³/mol. The summed E-state index contributed by atoms with van der Waals surface area (Å²) in [6.07, 6.45) is 4.22. The zero-order valence-corrected chi connectivity index (χ0v) is 7.59. The fourth-order valence-corrected chi connectivity index (χ4v) is 1.21. The number of ether oxygens (including phenoxy) is 1. The second-order valence-electron chi connectivity index (χ2n) is 2.94. The van der Waals surface area contributed by atoms with Gasteiger partial charge in [-0.3, -0.25) is 5.43 Å². The van der Waals surface area contributed by atoms with Gasteiger partial charge in [0, 0.05) is 19.6 Å². The maximum Gasteiger partial charge on any atom is 0.0608 e. The van der Waals surface area contributed by atoms with Crippen molar-refractivity contribution in [2.24, 2.45) is 0 Å². The Morgan fingerprint density at radius 1 is 1.42 bits per heavy atom. The van der Waals surface area contributed by atoms with Crippen molar-refractivity contribution in [2.75, 3.05) is 32.8 Å². The number of nitrogens with one attached hydrogen (secondary N) is 1. The normalized spacial score (nSPS) is 19.3. The maximum absolute atomic E-state index is 5.23. The van der Waals surface area contributed by atoms with E-state index in [1.165, 1.54) is 6.42 Å². The van der Waals surface area contributed by atoms with Gasteiger partial charge in [0.05, 0.1) is 13.2 Å². The van der Waals surface area contributed by atoms with E-state index in [0.29, 0.717) is 0 Å². The Bertz CT molecular complexity index is 122. The van der Waals surface area contributed by atoms with E-state index in [2.05, 4.69) is 17.0 Å². The number of allylic oxidation sites excluding steroid dienone is 1. The molecule has 0 saturated carbocycles. The molecule has 70 valence electrons. The van der Waals surface area contributed by atoms with Crippen molar-refractivity contribution >= 4 is 0 Å². The first-order valence-electron chi connectivity index (χ1n) is 4.60. The van der Waals surface area contributed by atoms with E-state index in [4.69, 9.17) is 4.74 Å². The molecule has 0 bridgehead atoms. The monoisotopic (exact) mass is 170 g/mol. The molecule has 1 N–H and O–H groups in total. The number of hydrogen-bond acceptors (Lipinski definition) is 3. The molecular formula is C9H18N2O. The molecule has 1 heterocycles. The van der Waals surface area contributed by atoms with Crippen LogP contribution in [0.2, 0.25) is 0 Å².